The van der Waals surface area contributed by atoms with Gasteiger partial charge in [-0.3, -0.25) is 14.9 Å². The Hall–Kier alpha value is -2.15. The summed E-state index contributed by atoms with van der Waals surface area (Å²) in [5.74, 6) is -0.946. The van der Waals surface area contributed by atoms with E-state index < -0.39 is 16.4 Å². The highest BCUT2D eigenvalue weighted by Gasteiger charge is 2.59. The van der Waals surface area contributed by atoms with Gasteiger partial charge in [-0.15, -0.1) is 0 Å². The second kappa shape index (κ2) is 6.63. The normalized spacial score (nSPS) is 24.1. The van der Waals surface area contributed by atoms with Crippen molar-refractivity contribution in [1.82, 2.24) is 4.90 Å². The lowest BCUT2D eigenvalue weighted by Gasteiger charge is -2.57. The minimum atomic E-state index is -0.682. The molecule has 7 nitrogen and oxygen atoms in total. The monoisotopic (exact) mass is 348 g/mol. The molecule has 25 heavy (non-hydrogen) atoms. The van der Waals surface area contributed by atoms with Crippen molar-refractivity contribution in [2.24, 2.45) is 5.41 Å². The van der Waals surface area contributed by atoms with Crippen molar-refractivity contribution in [2.45, 2.75) is 51.2 Å². The van der Waals surface area contributed by atoms with Crippen LogP contribution in [0.1, 0.15) is 49.4 Å². The van der Waals surface area contributed by atoms with E-state index in [2.05, 4.69) is 0 Å². The summed E-state index contributed by atoms with van der Waals surface area (Å²) in [6.07, 6.45) is 5.25. The van der Waals surface area contributed by atoms with Crippen molar-refractivity contribution in [1.29, 1.82) is 0 Å². The molecule has 0 aromatic heterocycles. The number of aromatic hydroxyl groups is 1. The highest BCUT2D eigenvalue weighted by molar-refractivity contribution is 5.98. The molecule has 0 bridgehead atoms. The standard InChI is InChI=1S/C18H24N2O5/c1-3-25-15-11-14(18(15)9-4-5-10-18)19(2)17(22)12-7-6-8-13(16(12)21)20(23)24/h6-8,14-15,21H,3-5,9-11H2,1-2H3/t14-,15-/m0/s1. The molecular formula is C18H24N2O5. The number of nitrogens with zero attached hydrogens (tertiary/aromatic N) is 2. The van der Waals surface area contributed by atoms with Crippen molar-refractivity contribution < 1.29 is 19.6 Å². The lowest BCUT2D eigenvalue weighted by Crippen LogP contribution is -2.64. The van der Waals surface area contributed by atoms with Gasteiger partial charge in [-0.25, -0.2) is 0 Å². The number of carbonyl (C=O) groups is 1. The summed E-state index contributed by atoms with van der Waals surface area (Å²) in [7, 11) is 1.72. The molecule has 2 fully saturated rings. The van der Waals surface area contributed by atoms with Crippen LogP contribution in [0.2, 0.25) is 0 Å². The number of benzene rings is 1. The second-order valence-electron chi connectivity index (χ2n) is 6.98. The van der Waals surface area contributed by atoms with E-state index in [4.69, 9.17) is 4.74 Å². The summed E-state index contributed by atoms with van der Waals surface area (Å²) in [6, 6.07) is 4.09. The van der Waals surface area contributed by atoms with E-state index in [1.54, 1.807) is 11.9 Å². The Kier molecular flexibility index (Phi) is 4.69. The van der Waals surface area contributed by atoms with Crippen molar-refractivity contribution in [3.05, 3.63) is 33.9 Å². The Labute approximate surface area is 146 Å². The summed E-state index contributed by atoms with van der Waals surface area (Å²) in [5.41, 5.74) is -0.489. The quantitative estimate of drug-likeness (QED) is 0.652. The van der Waals surface area contributed by atoms with Crippen LogP contribution in [0.5, 0.6) is 5.75 Å². The molecule has 0 heterocycles. The zero-order valence-electron chi connectivity index (χ0n) is 14.6. The van der Waals surface area contributed by atoms with Crippen LogP contribution in [-0.4, -0.2) is 46.6 Å². The van der Waals surface area contributed by atoms with Crippen molar-refractivity contribution in [3.63, 3.8) is 0 Å². The number of amides is 1. The van der Waals surface area contributed by atoms with Crippen molar-refractivity contribution in [3.8, 4) is 5.75 Å². The summed E-state index contributed by atoms with van der Waals surface area (Å²) in [6.45, 7) is 2.63. The van der Waals surface area contributed by atoms with Crippen LogP contribution < -0.4 is 0 Å². The first kappa shape index (κ1) is 17.7. The zero-order chi connectivity index (χ0) is 18.2. The van der Waals surface area contributed by atoms with Crippen LogP contribution in [0.4, 0.5) is 5.69 Å². The first-order chi connectivity index (χ1) is 11.9. The third-order valence-electron chi connectivity index (χ3n) is 5.87. The Bertz CT molecular complexity index is 684. The van der Waals surface area contributed by atoms with Gasteiger partial charge < -0.3 is 14.7 Å². The number of para-hydroxylation sites is 1. The molecular weight excluding hydrogens is 324 g/mol. The molecule has 1 spiro atoms. The highest BCUT2D eigenvalue weighted by Crippen LogP contribution is 2.56. The number of phenolic OH excluding ortho intramolecular Hbond substituents is 1. The molecule has 2 aliphatic rings. The summed E-state index contributed by atoms with van der Waals surface area (Å²) in [4.78, 5) is 24.8. The van der Waals surface area contributed by atoms with Gasteiger partial charge in [0.25, 0.3) is 5.91 Å². The van der Waals surface area contributed by atoms with Gasteiger partial charge in [-0.2, -0.15) is 0 Å². The average Bonchev–Trinajstić information content (AvgIpc) is 3.10. The maximum absolute atomic E-state index is 12.9. The van der Waals surface area contributed by atoms with Gasteiger partial charge in [0.15, 0.2) is 0 Å². The largest absolute Gasteiger partial charge is 0.502 e. The van der Waals surface area contributed by atoms with Crippen LogP contribution in [0.25, 0.3) is 0 Å². The SMILES string of the molecule is CCO[C@H]1C[C@H](N(C)C(=O)c2cccc([N+](=O)[O-])c2O)C12CCCC2. The van der Waals surface area contributed by atoms with E-state index in [0.29, 0.717) is 6.61 Å². The number of hydrogen-bond donors (Lipinski definition) is 1. The first-order valence-electron chi connectivity index (χ1n) is 8.77. The molecule has 2 atom stereocenters. The van der Waals surface area contributed by atoms with E-state index in [1.807, 2.05) is 6.92 Å². The Morgan fingerprint density at radius 3 is 2.72 bits per heavy atom. The molecule has 1 aromatic carbocycles. The third-order valence-corrected chi connectivity index (χ3v) is 5.87. The van der Waals surface area contributed by atoms with Crippen LogP contribution in [0, 0.1) is 15.5 Å². The molecule has 0 aliphatic heterocycles. The molecule has 1 N–H and O–H groups in total. The highest BCUT2D eigenvalue weighted by atomic mass is 16.6. The smallest absolute Gasteiger partial charge is 0.311 e. The molecule has 136 valence electrons. The van der Waals surface area contributed by atoms with E-state index in [9.17, 15) is 20.0 Å². The predicted octanol–water partition coefficient (Wildman–Crippen LogP) is 3.11. The van der Waals surface area contributed by atoms with E-state index in [1.165, 1.54) is 18.2 Å². The Balaban J connectivity index is 1.84. The molecule has 0 saturated heterocycles. The number of nitro benzene ring substituents is 1. The van der Waals surface area contributed by atoms with Crippen molar-refractivity contribution in [2.75, 3.05) is 13.7 Å². The lowest BCUT2D eigenvalue weighted by atomic mass is 9.60. The van der Waals surface area contributed by atoms with Gasteiger partial charge in [0.05, 0.1) is 16.6 Å². The molecule has 0 unspecified atom stereocenters. The predicted molar refractivity (Wildman–Crippen MR) is 91.6 cm³/mol. The van der Waals surface area contributed by atoms with Crippen LogP contribution in [0.15, 0.2) is 18.2 Å². The number of phenols is 1. The lowest BCUT2D eigenvalue weighted by molar-refractivity contribution is -0.385. The van der Waals surface area contributed by atoms with E-state index >= 15 is 0 Å². The van der Waals surface area contributed by atoms with E-state index in [-0.39, 0.29) is 29.0 Å². The summed E-state index contributed by atoms with van der Waals surface area (Å²) in [5, 5.41) is 21.1. The maximum Gasteiger partial charge on any atom is 0.311 e. The van der Waals surface area contributed by atoms with Gasteiger partial charge in [-0.05, 0) is 32.3 Å². The van der Waals surface area contributed by atoms with Gasteiger partial charge in [0.2, 0.25) is 5.75 Å². The molecule has 7 heteroatoms. The topological polar surface area (TPSA) is 92.9 Å². The van der Waals surface area contributed by atoms with Crippen LogP contribution >= 0.6 is 0 Å². The van der Waals surface area contributed by atoms with Crippen molar-refractivity contribution >= 4 is 11.6 Å². The number of carbonyl (C=O) groups excluding carboxylic acids is 1. The number of hydrogen-bond acceptors (Lipinski definition) is 5. The molecule has 3 rings (SSSR count). The molecule has 0 radical (unpaired) electrons. The fourth-order valence-corrected chi connectivity index (χ4v) is 4.58. The summed E-state index contributed by atoms with van der Waals surface area (Å²) >= 11 is 0. The van der Waals surface area contributed by atoms with Gasteiger partial charge >= 0.3 is 5.69 Å². The number of rotatable bonds is 5. The van der Waals surface area contributed by atoms with Gasteiger partial charge in [0, 0.05) is 31.2 Å². The van der Waals surface area contributed by atoms with Crippen LogP contribution in [-0.2, 0) is 4.74 Å². The Morgan fingerprint density at radius 1 is 1.44 bits per heavy atom. The second-order valence-corrected chi connectivity index (χ2v) is 6.98. The third kappa shape index (κ3) is 2.76. The first-order valence-corrected chi connectivity index (χ1v) is 8.77. The van der Waals surface area contributed by atoms with Gasteiger partial charge in [-0.1, -0.05) is 18.9 Å². The zero-order valence-corrected chi connectivity index (χ0v) is 14.6. The minimum absolute atomic E-state index is 0.0171. The van der Waals surface area contributed by atoms with Gasteiger partial charge in [0.1, 0.15) is 0 Å². The number of ether oxygens (including phenoxy) is 1. The van der Waals surface area contributed by atoms with Crippen LogP contribution in [0.3, 0.4) is 0 Å². The fourth-order valence-electron chi connectivity index (χ4n) is 4.58. The number of nitro groups is 1. The average molecular weight is 348 g/mol. The molecule has 1 aromatic rings. The maximum atomic E-state index is 12.9. The molecule has 2 saturated carbocycles. The molecule has 1 amide bonds. The molecule has 2 aliphatic carbocycles. The minimum Gasteiger partial charge on any atom is -0.502 e. The summed E-state index contributed by atoms with van der Waals surface area (Å²) < 4.78 is 5.88. The van der Waals surface area contributed by atoms with E-state index in [0.717, 1.165) is 32.1 Å². The fraction of sp³-hybridized carbons (Fsp3) is 0.611. The Morgan fingerprint density at radius 2 is 2.12 bits per heavy atom.